The van der Waals surface area contributed by atoms with Crippen LogP contribution < -0.4 is 5.32 Å². The number of hydrogen-bond donors (Lipinski definition) is 2. The van der Waals surface area contributed by atoms with Crippen molar-refractivity contribution in [2.75, 3.05) is 26.2 Å². The van der Waals surface area contributed by atoms with Crippen LogP contribution in [0.5, 0.6) is 0 Å². The van der Waals surface area contributed by atoms with Gasteiger partial charge in [-0.15, -0.1) is 0 Å². The van der Waals surface area contributed by atoms with Gasteiger partial charge in [0.1, 0.15) is 0 Å². The first-order valence-electron chi connectivity index (χ1n) is 8.08. The van der Waals surface area contributed by atoms with E-state index in [-0.39, 0.29) is 29.9 Å². The van der Waals surface area contributed by atoms with Crippen molar-refractivity contribution in [3.05, 3.63) is 0 Å². The van der Waals surface area contributed by atoms with Crippen LogP contribution >= 0.6 is 0 Å². The summed E-state index contributed by atoms with van der Waals surface area (Å²) >= 11 is 0. The van der Waals surface area contributed by atoms with Gasteiger partial charge < -0.3 is 15.3 Å². The SMILES string of the molecule is CC(C)CN1CCC(C(=O)NC2CCCC2(C)CO)C1. The molecule has 2 fully saturated rings. The smallest absolute Gasteiger partial charge is 0.224 e. The molecule has 0 aromatic rings. The fraction of sp³-hybridized carbons (Fsp3) is 0.938. The van der Waals surface area contributed by atoms with Crippen LogP contribution in [0.4, 0.5) is 0 Å². The lowest BCUT2D eigenvalue weighted by Crippen LogP contribution is -2.47. The van der Waals surface area contributed by atoms with Crippen LogP contribution in [0.25, 0.3) is 0 Å². The molecule has 3 unspecified atom stereocenters. The molecule has 1 saturated carbocycles. The molecular weight excluding hydrogens is 252 g/mol. The summed E-state index contributed by atoms with van der Waals surface area (Å²) in [6.45, 7) is 9.72. The summed E-state index contributed by atoms with van der Waals surface area (Å²) in [5.74, 6) is 0.990. The molecule has 1 aliphatic heterocycles. The Labute approximate surface area is 122 Å². The first kappa shape index (κ1) is 15.8. The topological polar surface area (TPSA) is 52.6 Å². The van der Waals surface area contributed by atoms with E-state index in [0.29, 0.717) is 5.92 Å². The molecule has 0 aromatic carbocycles. The summed E-state index contributed by atoms with van der Waals surface area (Å²) in [6.07, 6.45) is 4.09. The van der Waals surface area contributed by atoms with Crippen LogP contribution in [-0.2, 0) is 4.79 Å². The number of nitrogens with zero attached hydrogens (tertiary/aromatic N) is 1. The third-order valence-corrected chi connectivity index (χ3v) is 5.03. The van der Waals surface area contributed by atoms with Crippen LogP contribution in [0.2, 0.25) is 0 Å². The summed E-state index contributed by atoms with van der Waals surface area (Å²) in [6, 6.07) is 0.152. The van der Waals surface area contributed by atoms with Gasteiger partial charge in [0, 0.05) is 24.5 Å². The zero-order valence-corrected chi connectivity index (χ0v) is 13.2. The highest BCUT2D eigenvalue weighted by atomic mass is 16.3. The summed E-state index contributed by atoms with van der Waals surface area (Å²) in [4.78, 5) is 14.8. The molecule has 20 heavy (non-hydrogen) atoms. The van der Waals surface area contributed by atoms with Gasteiger partial charge in [-0.25, -0.2) is 0 Å². The van der Waals surface area contributed by atoms with Gasteiger partial charge in [0.15, 0.2) is 0 Å². The molecule has 3 atom stereocenters. The van der Waals surface area contributed by atoms with Gasteiger partial charge in [-0.2, -0.15) is 0 Å². The van der Waals surface area contributed by atoms with Gasteiger partial charge in [-0.05, 0) is 31.7 Å². The number of amides is 1. The fourth-order valence-corrected chi connectivity index (χ4v) is 3.69. The number of carbonyl (C=O) groups excluding carboxylic acids is 1. The first-order valence-corrected chi connectivity index (χ1v) is 8.08. The van der Waals surface area contributed by atoms with Crippen LogP contribution in [0.3, 0.4) is 0 Å². The summed E-state index contributed by atoms with van der Waals surface area (Å²) in [7, 11) is 0. The second kappa shape index (κ2) is 6.44. The molecule has 0 bridgehead atoms. The maximum Gasteiger partial charge on any atom is 0.224 e. The van der Waals surface area contributed by atoms with Crippen LogP contribution in [-0.4, -0.2) is 48.2 Å². The molecule has 2 N–H and O–H groups in total. The molecule has 1 aliphatic carbocycles. The van der Waals surface area contributed by atoms with Gasteiger partial charge in [-0.1, -0.05) is 27.2 Å². The first-order chi connectivity index (χ1) is 9.44. The molecule has 4 nitrogen and oxygen atoms in total. The lowest BCUT2D eigenvalue weighted by atomic mass is 9.85. The maximum absolute atomic E-state index is 12.4. The molecule has 1 heterocycles. The molecule has 0 spiro atoms. The second-order valence-electron chi connectivity index (χ2n) is 7.40. The molecular formula is C16H30N2O2. The standard InChI is InChI=1S/C16H30N2O2/c1-12(2)9-18-8-6-13(10-18)15(20)17-14-5-4-7-16(14,3)11-19/h12-14,19H,4-11H2,1-3H3,(H,17,20). The van der Waals surface area contributed by atoms with Crippen molar-refractivity contribution < 1.29 is 9.90 Å². The van der Waals surface area contributed by atoms with Crippen molar-refractivity contribution in [3.8, 4) is 0 Å². The summed E-state index contributed by atoms with van der Waals surface area (Å²) in [5, 5.41) is 12.8. The molecule has 4 heteroatoms. The average Bonchev–Trinajstić information content (AvgIpc) is 2.97. The van der Waals surface area contributed by atoms with Crippen molar-refractivity contribution in [2.45, 2.75) is 52.5 Å². The zero-order chi connectivity index (χ0) is 14.8. The zero-order valence-electron chi connectivity index (χ0n) is 13.2. The number of carbonyl (C=O) groups is 1. The van der Waals surface area contributed by atoms with E-state index < -0.39 is 0 Å². The minimum Gasteiger partial charge on any atom is -0.396 e. The van der Waals surface area contributed by atoms with Crippen molar-refractivity contribution in [1.82, 2.24) is 10.2 Å². The van der Waals surface area contributed by atoms with E-state index in [1.807, 2.05) is 0 Å². The number of rotatable bonds is 5. The Kier molecular flexibility index (Phi) is 5.08. The number of likely N-dealkylation sites (tertiary alicyclic amines) is 1. The van der Waals surface area contributed by atoms with Crippen LogP contribution in [0.1, 0.15) is 46.5 Å². The molecule has 0 radical (unpaired) electrons. The lowest BCUT2D eigenvalue weighted by molar-refractivity contribution is -0.126. The Morgan fingerprint density at radius 3 is 2.85 bits per heavy atom. The minimum atomic E-state index is -0.119. The van der Waals surface area contributed by atoms with E-state index in [1.165, 1.54) is 0 Å². The number of aliphatic hydroxyl groups excluding tert-OH is 1. The number of hydrogen-bond acceptors (Lipinski definition) is 3. The quantitative estimate of drug-likeness (QED) is 0.806. The van der Waals surface area contributed by atoms with Gasteiger partial charge in [0.2, 0.25) is 5.91 Å². The Morgan fingerprint density at radius 1 is 1.45 bits per heavy atom. The van der Waals surface area contributed by atoms with E-state index >= 15 is 0 Å². The lowest BCUT2D eigenvalue weighted by Gasteiger charge is -2.31. The molecule has 0 aromatic heterocycles. The largest absolute Gasteiger partial charge is 0.396 e. The number of aliphatic hydroxyl groups is 1. The normalized spacial score (nSPS) is 34.9. The third kappa shape index (κ3) is 3.53. The highest BCUT2D eigenvalue weighted by Crippen LogP contribution is 2.37. The number of nitrogens with one attached hydrogen (secondary N) is 1. The predicted octanol–water partition coefficient (Wildman–Crippen LogP) is 1.63. The Balaban J connectivity index is 1.84. The summed E-state index contributed by atoms with van der Waals surface area (Å²) < 4.78 is 0. The Bertz CT molecular complexity index is 345. The Morgan fingerprint density at radius 2 is 2.20 bits per heavy atom. The minimum absolute atomic E-state index is 0.119. The molecule has 1 amide bonds. The van der Waals surface area contributed by atoms with Gasteiger partial charge >= 0.3 is 0 Å². The summed E-state index contributed by atoms with van der Waals surface area (Å²) in [5.41, 5.74) is -0.119. The van der Waals surface area contributed by atoms with Crippen molar-refractivity contribution in [1.29, 1.82) is 0 Å². The van der Waals surface area contributed by atoms with Crippen molar-refractivity contribution in [3.63, 3.8) is 0 Å². The molecule has 1 saturated heterocycles. The highest BCUT2D eigenvalue weighted by Gasteiger charge is 2.40. The van der Waals surface area contributed by atoms with Gasteiger partial charge in [0.25, 0.3) is 0 Å². The van der Waals surface area contributed by atoms with Crippen LogP contribution in [0, 0.1) is 17.3 Å². The average molecular weight is 282 g/mol. The van der Waals surface area contributed by atoms with E-state index in [1.54, 1.807) is 0 Å². The predicted molar refractivity (Wildman–Crippen MR) is 80.4 cm³/mol. The van der Waals surface area contributed by atoms with E-state index in [4.69, 9.17) is 0 Å². The highest BCUT2D eigenvalue weighted by molar-refractivity contribution is 5.79. The third-order valence-electron chi connectivity index (χ3n) is 5.03. The second-order valence-corrected chi connectivity index (χ2v) is 7.40. The fourth-order valence-electron chi connectivity index (χ4n) is 3.69. The monoisotopic (exact) mass is 282 g/mol. The van der Waals surface area contributed by atoms with Crippen molar-refractivity contribution in [2.24, 2.45) is 17.3 Å². The van der Waals surface area contributed by atoms with Gasteiger partial charge in [0.05, 0.1) is 12.5 Å². The molecule has 2 rings (SSSR count). The van der Waals surface area contributed by atoms with Crippen molar-refractivity contribution >= 4 is 5.91 Å². The van der Waals surface area contributed by atoms with Gasteiger partial charge in [-0.3, -0.25) is 4.79 Å². The van der Waals surface area contributed by atoms with E-state index in [9.17, 15) is 9.90 Å². The van der Waals surface area contributed by atoms with Crippen LogP contribution in [0.15, 0.2) is 0 Å². The van der Waals surface area contributed by atoms with E-state index in [2.05, 4.69) is 31.0 Å². The van der Waals surface area contributed by atoms with E-state index in [0.717, 1.165) is 45.3 Å². The Hall–Kier alpha value is -0.610. The molecule has 116 valence electrons. The molecule has 2 aliphatic rings. The maximum atomic E-state index is 12.4.